The second kappa shape index (κ2) is 10.1. The van der Waals surface area contributed by atoms with Crippen molar-refractivity contribution < 1.29 is 18.8 Å². The molecule has 33 heavy (non-hydrogen) atoms. The van der Waals surface area contributed by atoms with Crippen molar-refractivity contribution in [2.75, 3.05) is 44.6 Å². The maximum absolute atomic E-state index is 13.3. The van der Waals surface area contributed by atoms with Gasteiger partial charge in [0.15, 0.2) is 0 Å². The van der Waals surface area contributed by atoms with Crippen LogP contribution in [0, 0.1) is 11.7 Å². The molecule has 2 unspecified atom stereocenters. The Labute approximate surface area is 193 Å². The summed E-state index contributed by atoms with van der Waals surface area (Å²) in [6, 6.07) is 15.6. The van der Waals surface area contributed by atoms with Crippen molar-refractivity contribution in [3.05, 3.63) is 66.0 Å². The van der Waals surface area contributed by atoms with E-state index in [1.165, 1.54) is 12.1 Å². The van der Waals surface area contributed by atoms with Gasteiger partial charge in [-0.25, -0.2) is 4.39 Å². The van der Waals surface area contributed by atoms with E-state index in [1.807, 2.05) is 42.2 Å². The molecule has 0 spiro atoms. The third-order valence-electron chi connectivity index (χ3n) is 6.42. The topological polar surface area (TPSA) is 73.0 Å². The third kappa shape index (κ3) is 5.57. The molecule has 7 nitrogen and oxygen atoms in total. The zero-order valence-electron chi connectivity index (χ0n) is 18.7. The summed E-state index contributed by atoms with van der Waals surface area (Å²) in [7, 11) is 0. The summed E-state index contributed by atoms with van der Waals surface area (Å²) in [5, 5.41) is 2.70. The van der Waals surface area contributed by atoms with E-state index in [1.54, 1.807) is 21.9 Å². The average molecular weight is 453 g/mol. The van der Waals surface area contributed by atoms with Crippen molar-refractivity contribution in [1.29, 1.82) is 0 Å². The third-order valence-corrected chi connectivity index (χ3v) is 6.42. The number of benzene rings is 2. The van der Waals surface area contributed by atoms with Crippen LogP contribution in [0.1, 0.15) is 24.9 Å². The van der Waals surface area contributed by atoms with Crippen molar-refractivity contribution in [2.45, 2.75) is 19.4 Å². The monoisotopic (exact) mass is 452 g/mol. The number of nitrogens with one attached hydrogen (secondary N) is 1. The second-order valence-electron chi connectivity index (χ2n) is 8.69. The van der Waals surface area contributed by atoms with Gasteiger partial charge in [0.05, 0.1) is 18.5 Å². The number of carbonyl (C=O) groups excluding carboxylic acids is 3. The molecular weight excluding hydrogens is 423 g/mol. The predicted octanol–water partition coefficient (Wildman–Crippen LogP) is 2.52. The number of halogens is 1. The van der Waals surface area contributed by atoms with Gasteiger partial charge in [0.25, 0.3) is 0 Å². The second-order valence-corrected chi connectivity index (χ2v) is 8.69. The molecule has 2 aromatic rings. The Balaban J connectivity index is 1.25. The maximum atomic E-state index is 13.3. The number of likely N-dealkylation sites (tertiary alicyclic amines) is 1. The highest BCUT2D eigenvalue weighted by Gasteiger charge is 2.39. The molecule has 1 N–H and O–H groups in total. The largest absolute Gasteiger partial charge is 0.340 e. The quantitative estimate of drug-likeness (QED) is 0.731. The van der Waals surface area contributed by atoms with Gasteiger partial charge < -0.3 is 15.1 Å². The van der Waals surface area contributed by atoms with Crippen LogP contribution < -0.4 is 5.32 Å². The Morgan fingerprint density at radius 1 is 1.06 bits per heavy atom. The van der Waals surface area contributed by atoms with E-state index in [-0.39, 0.29) is 42.6 Å². The number of nitrogens with zero attached hydrogens (tertiary/aromatic N) is 3. The normalized spacial score (nSPS) is 20.1. The molecule has 4 rings (SSSR count). The van der Waals surface area contributed by atoms with Crippen molar-refractivity contribution in [2.24, 2.45) is 5.92 Å². The summed E-state index contributed by atoms with van der Waals surface area (Å²) in [5.41, 5.74) is 1.48. The molecule has 2 saturated heterocycles. The van der Waals surface area contributed by atoms with Crippen LogP contribution in [0.2, 0.25) is 0 Å². The van der Waals surface area contributed by atoms with E-state index in [2.05, 4.69) is 5.32 Å². The molecule has 2 aliphatic heterocycles. The molecule has 0 aliphatic carbocycles. The van der Waals surface area contributed by atoms with Crippen LogP contribution in [0.5, 0.6) is 0 Å². The fraction of sp³-hybridized carbons (Fsp3) is 0.400. The zero-order chi connectivity index (χ0) is 23.4. The predicted molar refractivity (Wildman–Crippen MR) is 123 cm³/mol. The highest BCUT2D eigenvalue weighted by Crippen LogP contribution is 2.29. The molecule has 2 fully saturated rings. The first-order valence-corrected chi connectivity index (χ1v) is 11.3. The Bertz CT molecular complexity index is 1010. The minimum atomic E-state index is -0.401. The van der Waals surface area contributed by atoms with Crippen LogP contribution in [-0.2, 0) is 14.4 Å². The number of rotatable bonds is 6. The number of hydrogen-bond acceptors (Lipinski definition) is 4. The molecule has 2 atom stereocenters. The Hall–Kier alpha value is -3.26. The number of amides is 3. The van der Waals surface area contributed by atoms with Gasteiger partial charge in [0, 0.05) is 44.8 Å². The van der Waals surface area contributed by atoms with E-state index in [0.29, 0.717) is 38.4 Å². The Morgan fingerprint density at radius 3 is 2.48 bits per heavy atom. The van der Waals surface area contributed by atoms with E-state index < -0.39 is 5.82 Å². The lowest BCUT2D eigenvalue weighted by Crippen LogP contribution is -2.52. The zero-order valence-corrected chi connectivity index (χ0v) is 18.7. The fourth-order valence-electron chi connectivity index (χ4n) is 4.54. The summed E-state index contributed by atoms with van der Waals surface area (Å²) in [6.07, 6.45) is 0.242. The molecule has 0 aromatic heterocycles. The van der Waals surface area contributed by atoms with Crippen molar-refractivity contribution >= 4 is 23.4 Å². The van der Waals surface area contributed by atoms with E-state index in [0.717, 1.165) is 5.56 Å². The summed E-state index contributed by atoms with van der Waals surface area (Å²) in [6.45, 7) is 4.80. The smallest absolute Gasteiger partial charge is 0.238 e. The van der Waals surface area contributed by atoms with Crippen LogP contribution in [0.15, 0.2) is 54.6 Å². The van der Waals surface area contributed by atoms with Gasteiger partial charge in [-0.05, 0) is 30.7 Å². The first-order chi connectivity index (χ1) is 15.9. The summed E-state index contributed by atoms with van der Waals surface area (Å²) in [5.74, 6) is -0.923. The van der Waals surface area contributed by atoms with Crippen molar-refractivity contribution in [3.63, 3.8) is 0 Å². The molecular formula is C25H29FN4O3. The number of hydrogen-bond donors (Lipinski definition) is 1. The van der Waals surface area contributed by atoms with Crippen LogP contribution in [-0.4, -0.2) is 71.7 Å². The highest BCUT2D eigenvalue weighted by molar-refractivity contribution is 5.92. The maximum Gasteiger partial charge on any atom is 0.238 e. The molecule has 3 amide bonds. The minimum Gasteiger partial charge on any atom is -0.340 e. The minimum absolute atomic E-state index is 0.00924. The molecule has 8 heteroatoms. The first-order valence-electron chi connectivity index (χ1n) is 11.3. The van der Waals surface area contributed by atoms with Crippen LogP contribution >= 0.6 is 0 Å². The van der Waals surface area contributed by atoms with Crippen molar-refractivity contribution in [3.8, 4) is 0 Å². The van der Waals surface area contributed by atoms with Crippen LogP contribution in [0.4, 0.5) is 10.1 Å². The molecule has 2 aliphatic rings. The van der Waals surface area contributed by atoms with E-state index >= 15 is 0 Å². The lowest BCUT2D eigenvalue weighted by atomic mass is 10.1. The van der Waals surface area contributed by atoms with Crippen molar-refractivity contribution in [1.82, 2.24) is 14.7 Å². The lowest BCUT2D eigenvalue weighted by molar-refractivity contribution is -0.137. The van der Waals surface area contributed by atoms with Gasteiger partial charge in [-0.15, -0.1) is 0 Å². The summed E-state index contributed by atoms with van der Waals surface area (Å²) in [4.78, 5) is 43.5. The fourth-order valence-corrected chi connectivity index (χ4v) is 4.54. The number of carbonyl (C=O) groups is 3. The SMILES string of the molecule is CC(c1ccccc1)N1CC(C(=O)N2CCN(CC(=O)Nc3cccc(F)c3)CC2)CC1=O. The molecule has 2 aromatic carbocycles. The average Bonchev–Trinajstić information content (AvgIpc) is 3.20. The standard InChI is InChI=1S/C25H29FN4O3/c1-18(19-6-3-2-4-7-19)30-16-20(14-24(30)32)25(33)29-12-10-28(11-13-29)17-23(31)27-22-9-5-8-21(26)15-22/h2-9,15,18,20H,10-14,16-17H2,1H3,(H,27,31). The Morgan fingerprint density at radius 2 is 1.79 bits per heavy atom. The lowest BCUT2D eigenvalue weighted by Gasteiger charge is -2.35. The molecule has 0 saturated carbocycles. The van der Waals surface area contributed by atoms with Gasteiger partial charge in [-0.3, -0.25) is 19.3 Å². The Kier molecular flexibility index (Phi) is 7.03. The first kappa shape index (κ1) is 22.9. The molecule has 2 heterocycles. The molecule has 174 valence electrons. The van der Waals surface area contributed by atoms with Gasteiger partial charge >= 0.3 is 0 Å². The highest BCUT2D eigenvalue weighted by atomic mass is 19.1. The van der Waals surface area contributed by atoms with Crippen LogP contribution in [0.25, 0.3) is 0 Å². The molecule has 0 radical (unpaired) electrons. The number of piperazine rings is 1. The van der Waals surface area contributed by atoms with E-state index in [4.69, 9.17) is 0 Å². The van der Waals surface area contributed by atoms with Gasteiger partial charge in [-0.2, -0.15) is 0 Å². The van der Waals surface area contributed by atoms with E-state index in [9.17, 15) is 18.8 Å². The van der Waals surface area contributed by atoms with Gasteiger partial charge in [0.2, 0.25) is 17.7 Å². The summed E-state index contributed by atoms with van der Waals surface area (Å²) < 4.78 is 13.3. The molecule has 0 bridgehead atoms. The van der Waals surface area contributed by atoms with Crippen LogP contribution in [0.3, 0.4) is 0 Å². The van der Waals surface area contributed by atoms with Gasteiger partial charge in [-0.1, -0.05) is 36.4 Å². The summed E-state index contributed by atoms with van der Waals surface area (Å²) >= 11 is 0. The van der Waals surface area contributed by atoms with Gasteiger partial charge in [0.1, 0.15) is 5.82 Å². The number of anilines is 1.